The normalized spacial score (nSPS) is 11.2. The minimum Gasteiger partial charge on any atom is -0.465 e. The summed E-state index contributed by atoms with van der Waals surface area (Å²) in [5.41, 5.74) is 3.99. The van der Waals surface area contributed by atoms with Gasteiger partial charge in [0.2, 0.25) is 0 Å². The zero-order chi connectivity index (χ0) is 19.1. The molecule has 0 aromatic heterocycles. The van der Waals surface area contributed by atoms with Gasteiger partial charge in [0.25, 0.3) is 0 Å². The third-order valence-electron chi connectivity index (χ3n) is 4.06. The number of carbonyl (C=O) groups is 1. The fourth-order valence-electron chi connectivity index (χ4n) is 2.75. The molecule has 0 aliphatic heterocycles. The molecular weight excluding hydrogens is 356 g/mol. The van der Waals surface area contributed by atoms with E-state index in [9.17, 15) is 4.79 Å². The smallest absolute Gasteiger partial charge is 0.339 e. The van der Waals surface area contributed by atoms with Gasteiger partial charge in [0, 0.05) is 5.02 Å². The maximum absolute atomic E-state index is 12.5. The van der Waals surface area contributed by atoms with Crippen molar-refractivity contribution >= 4 is 41.9 Å². The van der Waals surface area contributed by atoms with Crippen molar-refractivity contribution in [1.82, 2.24) is 0 Å². The molecule has 0 aliphatic carbocycles. The molecule has 0 atom stereocenters. The van der Waals surface area contributed by atoms with Crippen molar-refractivity contribution in [3.63, 3.8) is 0 Å². The first-order chi connectivity index (χ1) is 13.2. The molecule has 3 aromatic carbocycles. The molecule has 0 unspecified atom stereocenters. The molecule has 0 amide bonds. The largest absolute Gasteiger partial charge is 0.465 e. The van der Waals surface area contributed by atoms with Gasteiger partial charge in [-0.2, -0.15) is 0 Å². The lowest BCUT2D eigenvalue weighted by atomic mass is 9.98. The van der Waals surface area contributed by atoms with E-state index in [4.69, 9.17) is 16.3 Å². The Morgan fingerprint density at radius 1 is 0.778 bits per heavy atom. The van der Waals surface area contributed by atoms with Crippen LogP contribution in [0.15, 0.2) is 72.8 Å². The number of benzene rings is 3. The van der Waals surface area contributed by atoms with Crippen LogP contribution >= 0.6 is 11.6 Å². The number of esters is 1. The van der Waals surface area contributed by atoms with Crippen LogP contribution in [0, 0.1) is 0 Å². The molecule has 3 heteroatoms. The zero-order valence-corrected chi connectivity index (χ0v) is 15.7. The first kappa shape index (κ1) is 18.7. The molecule has 0 radical (unpaired) electrons. The molecule has 2 nitrogen and oxygen atoms in total. The summed E-state index contributed by atoms with van der Waals surface area (Å²) in [4.78, 5) is 12.5. The van der Waals surface area contributed by atoms with Crippen LogP contribution in [-0.4, -0.2) is 13.1 Å². The van der Waals surface area contributed by atoms with E-state index < -0.39 is 5.97 Å². The molecule has 0 saturated heterocycles. The van der Waals surface area contributed by atoms with Gasteiger partial charge in [0.15, 0.2) is 0 Å². The third-order valence-corrected chi connectivity index (χ3v) is 4.28. The van der Waals surface area contributed by atoms with Crippen molar-refractivity contribution in [2.75, 3.05) is 7.11 Å². The second kappa shape index (κ2) is 9.02. The molecule has 0 aliphatic rings. The van der Waals surface area contributed by atoms with Gasteiger partial charge in [0.05, 0.1) is 12.7 Å². The van der Waals surface area contributed by atoms with E-state index in [0.717, 1.165) is 11.1 Å². The van der Waals surface area contributed by atoms with E-state index in [2.05, 4.69) is 0 Å². The Kier molecular flexibility index (Phi) is 6.24. The van der Waals surface area contributed by atoms with Crippen LogP contribution in [0.5, 0.6) is 0 Å². The number of methoxy groups -OCH3 is 1. The summed E-state index contributed by atoms with van der Waals surface area (Å²) < 4.78 is 5.01. The highest BCUT2D eigenvalue weighted by atomic mass is 35.5. The highest BCUT2D eigenvalue weighted by Crippen LogP contribution is 2.26. The van der Waals surface area contributed by atoms with Crippen LogP contribution in [0.4, 0.5) is 0 Å². The van der Waals surface area contributed by atoms with Crippen LogP contribution in [-0.2, 0) is 4.74 Å². The summed E-state index contributed by atoms with van der Waals surface area (Å²) >= 11 is 6.31. The summed E-state index contributed by atoms with van der Waals surface area (Å²) in [7, 11) is 1.38. The summed E-state index contributed by atoms with van der Waals surface area (Å²) in [5.74, 6) is -0.396. The maximum atomic E-state index is 12.5. The fourth-order valence-corrected chi connectivity index (χ4v) is 2.99. The minimum atomic E-state index is -0.396. The molecule has 27 heavy (non-hydrogen) atoms. The van der Waals surface area contributed by atoms with Crippen molar-refractivity contribution in [3.05, 3.63) is 106 Å². The van der Waals surface area contributed by atoms with Crippen LogP contribution < -0.4 is 0 Å². The van der Waals surface area contributed by atoms with Crippen LogP contribution in [0.1, 0.15) is 32.6 Å². The Bertz CT molecular complexity index is 903. The maximum Gasteiger partial charge on any atom is 0.339 e. The lowest BCUT2D eigenvalue weighted by Gasteiger charge is -2.10. The predicted octanol–water partition coefficient (Wildman–Crippen LogP) is 6.47. The SMILES string of the molecule is COC(=O)c1c(/C=C/c2ccccc2)cc(Cl)cc1/C=C/c1ccccc1. The van der Waals surface area contributed by atoms with Crippen LogP contribution in [0.25, 0.3) is 24.3 Å². The Labute approximate surface area is 164 Å². The Hall–Kier alpha value is -3.10. The van der Waals surface area contributed by atoms with Crippen molar-refractivity contribution in [3.8, 4) is 0 Å². The van der Waals surface area contributed by atoms with E-state index in [1.807, 2.05) is 85.0 Å². The Morgan fingerprint density at radius 3 is 1.63 bits per heavy atom. The van der Waals surface area contributed by atoms with E-state index in [-0.39, 0.29) is 0 Å². The number of carbonyl (C=O) groups excluding carboxylic acids is 1. The summed E-state index contributed by atoms with van der Waals surface area (Å²) in [6, 6.07) is 23.3. The number of ether oxygens (including phenoxy) is 1. The van der Waals surface area contributed by atoms with Gasteiger partial charge in [-0.15, -0.1) is 0 Å². The van der Waals surface area contributed by atoms with Crippen molar-refractivity contribution in [1.29, 1.82) is 0 Å². The fraction of sp³-hybridized carbons (Fsp3) is 0.0417. The van der Waals surface area contributed by atoms with E-state index in [0.29, 0.717) is 21.7 Å². The molecule has 0 bridgehead atoms. The van der Waals surface area contributed by atoms with Gasteiger partial charge in [-0.05, 0) is 34.4 Å². The molecule has 0 fully saturated rings. The molecule has 0 heterocycles. The van der Waals surface area contributed by atoms with Crippen LogP contribution in [0.2, 0.25) is 5.02 Å². The summed E-state index contributed by atoms with van der Waals surface area (Å²) in [6.07, 6.45) is 7.66. The van der Waals surface area contributed by atoms with Gasteiger partial charge in [-0.25, -0.2) is 4.79 Å². The monoisotopic (exact) mass is 374 g/mol. The molecular formula is C24H19ClO2. The zero-order valence-electron chi connectivity index (χ0n) is 14.9. The molecule has 3 rings (SSSR count). The molecule has 134 valence electrons. The van der Waals surface area contributed by atoms with E-state index in [1.54, 1.807) is 12.1 Å². The highest BCUT2D eigenvalue weighted by molar-refractivity contribution is 6.31. The molecule has 0 saturated carbocycles. The van der Waals surface area contributed by atoms with Gasteiger partial charge in [-0.1, -0.05) is 96.6 Å². The number of hydrogen-bond donors (Lipinski definition) is 0. The topological polar surface area (TPSA) is 26.3 Å². The van der Waals surface area contributed by atoms with Crippen molar-refractivity contribution < 1.29 is 9.53 Å². The van der Waals surface area contributed by atoms with Gasteiger partial charge < -0.3 is 4.74 Å². The standard InChI is InChI=1S/C24H19ClO2/c1-27-24(26)23-20(14-12-18-8-4-2-5-9-18)16-22(25)17-21(23)15-13-19-10-6-3-7-11-19/h2-17H,1H3/b14-12+,15-13+. The second-order valence-corrected chi connectivity index (χ2v) is 6.38. The number of halogens is 1. The average Bonchev–Trinajstić information content (AvgIpc) is 2.71. The molecule has 0 N–H and O–H groups in total. The Morgan fingerprint density at radius 2 is 1.22 bits per heavy atom. The van der Waals surface area contributed by atoms with Crippen LogP contribution in [0.3, 0.4) is 0 Å². The number of rotatable bonds is 5. The van der Waals surface area contributed by atoms with Gasteiger partial charge in [-0.3, -0.25) is 0 Å². The minimum absolute atomic E-state index is 0.396. The number of hydrogen-bond acceptors (Lipinski definition) is 2. The third kappa shape index (κ3) is 4.96. The van der Waals surface area contributed by atoms with Gasteiger partial charge in [0.1, 0.15) is 0 Å². The average molecular weight is 375 g/mol. The van der Waals surface area contributed by atoms with Crippen molar-refractivity contribution in [2.24, 2.45) is 0 Å². The lowest BCUT2D eigenvalue weighted by Crippen LogP contribution is -2.06. The quantitative estimate of drug-likeness (QED) is 0.378. The summed E-state index contributed by atoms with van der Waals surface area (Å²) in [5, 5.41) is 0.558. The second-order valence-electron chi connectivity index (χ2n) is 5.94. The first-order valence-corrected chi connectivity index (χ1v) is 8.93. The summed E-state index contributed by atoms with van der Waals surface area (Å²) in [6.45, 7) is 0. The van der Waals surface area contributed by atoms with Crippen molar-refractivity contribution in [2.45, 2.75) is 0 Å². The Balaban J connectivity index is 2.05. The first-order valence-electron chi connectivity index (χ1n) is 8.55. The van der Waals surface area contributed by atoms with Gasteiger partial charge >= 0.3 is 5.97 Å². The van der Waals surface area contributed by atoms with E-state index in [1.165, 1.54) is 7.11 Å². The van der Waals surface area contributed by atoms with E-state index >= 15 is 0 Å². The molecule has 3 aromatic rings. The predicted molar refractivity (Wildman–Crippen MR) is 114 cm³/mol. The lowest BCUT2D eigenvalue weighted by molar-refractivity contribution is 0.0600. The molecule has 0 spiro atoms. The highest BCUT2D eigenvalue weighted by Gasteiger charge is 2.15.